The van der Waals surface area contributed by atoms with Crippen LogP contribution in [0.4, 0.5) is 11.5 Å². The van der Waals surface area contributed by atoms with Crippen molar-refractivity contribution in [1.29, 1.82) is 0 Å². The molecule has 0 aliphatic rings. The predicted molar refractivity (Wildman–Crippen MR) is 92.3 cm³/mol. The molecular formula is C16H19BrN4O. The van der Waals surface area contributed by atoms with Gasteiger partial charge in [-0.2, -0.15) is 0 Å². The molecule has 0 aliphatic heterocycles. The highest BCUT2D eigenvalue weighted by Gasteiger charge is 2.09. The number of carbonyl (C=O) groups excluding carboxylic acids is 1. The Bertz CT molecular complexity index is 660. The monoisotopic (exact) mass is 362 g/mol. The molecule has 0 unspecified atom stereocenters. The maximum atomic E-state index is 12.2. The lowest BCUT2D eigenvalue weighted by Crippen LogP contribution is -2.15. The Labute approximate surface area is 138 Å². The van der Waals surface area contributed by atoms with Gasteiger partial charge in [-0.3, -0.25) is 4.79 Å². The van der Waals surface area contributed by atoms with E-state index < -0.39 is 0 Å². The van der Waals surface area contributed by atoms with Crippen molar-refractivity contribution in [1.82, 2.24) is 9.97 Å². The smallest absolute Gasteiger partial charge is 0.274 e. The largest absolute Gasteiger partial charge is 0.370 e. The maximum Gasteiger partial charge on any atom is 0.274 e. The Hall–Kier alpha value is -1.95. The molecule has 2 N–H and O–H groups in total. The minimum Gasteiger partial charge on any atom is -0.370 e. The van der Waals surface area contributed by atoms with Gasteiger partial charge in [0, 0.05) is 22.8 Å². The first-order chi connectivity index (χ1) is 10.6. The van der Waals surface area contributed by atoms with Crippen molar-refractivity contribution < 1.29 is 4.79 Å². The number of hydrogen-bond acceptors (Lipinski definition) is 4. The molecule has 0 radical (unpaired) electrons. The molecule has 1 heterocycles. The highest BCUT2D eigenvalue weighted by atomic mass is 79.9. The first kappa shape index (κ1) is 16.4. The van der Waals surface area contributed by atoms with Crippen LogP contribution in [0.25, 0.3) is 0 Å². The lowest BCUT2D eigenvalue weighted by Gasteiger charge is -2.08. The fraction of sp³-hybridized carbons (Fsp3) is 0.312. The zero-order valence-corrected chi connectivity index (χ0v) is 14.3. The van der Waals surface area contributed by atoms with Gasteiger partial charge in [-0.1, -0.05) is 35.3 Å². The number of nitrogens with zero attached hydrogens (tertiary/aromatic N) is 2. The second-order valence-corrected chi connectivity index (χ2v) is 5.84. The minimum atomic E-state index is -0.253. The number of hydrogen-bond donors (Lipinski definition) is 2. The van der Waals surface area contributed by atoms with Gasteiger partial charge in [0.2, 0.25) is 0 Å². The number of anilines is 2. The predicted octanol–water partition coefficient (Wildman–Crippen LogP) is 4.01. The van der Waals surface area contributed by atoms with E-state index >= 15 is 0 Å². The summed E-state index contributed by atoms with van der Waals surface area (Å²) in [7, 11) is 0. The quantitative estimate of drug-likeness (QED) is 0.761. The molecule has 0 atom stereocenters. The average molecular weight is 363 g/mol. The Balaban J connectivity index is 2.05. The van der Waals surface area contributed by atoms with Gasteiger partial charge in [-0.15, -0.1) is 0 Å². The number of halogens is 1. The van der Waals surface area contributed by atoms with Crippen LogP contribution in [0.15, 0.2) is 35.1 Å². The van der Waals surface area contributed by atoms with Crippen LogP contribution in [0.5, 0.6) is 0 Å². The standard InChI is InChI=1S/C16H19BrN4O/c1-3-4-7-18-15-9-14(19-10-20-15)16(22)21-12-6-5-11(2)13(17)8-12/h5-6,8-10H,3-4,7H2,1-2H3,(H,21,22)(H,18,19,20). The van der Waals surface area contributed by atoms with Gasteiger partial charge in [-0.25, -0.2) is 9.97 Å². The van der Waals surface area contributed by atoms with Crippen molar-refractivity contribution in [3.63, 3.8) is 0 Å². The lowest BCUT2D eigenvalue weighted by atomic mass is 10.2. The first-order valence-corrected chi connectivity index (χ1v) is 8.03. The third kappa shape index (κ3) is 4.53. The number of carbonyl (C=O) groups is 1. The van der Waals surface area contributed by atoms with Crippen LogP contribution in [0.3, 0.4) is 0 Å². The average Bonchev–Trinajstić information content (AvgIpc) is 2.51. The van der Waals surface area contributed by atoms with E-state index in [0.717, 1.165) is 35.1 Å². The Morgan fingerprint density at radius 2 is 2.09 bits per heavy atom. The number of amides is 1. The van der Waals surface area contributed by atoms with Crippen LogP contribution in [0, 0.1) is 6.92 Å². The third-order valence-corrected chi connectivity index (χ3v) is 4.02. The van der Waals surface area contributed by atoms with Gasteiger partial charge in [0.15, 0.2) is 0 Å². The SMILES string of the molecule is CCCCNc1cc(C(=O)Nc2ccc(C)c(Br)c2)ncn1. The van der Waals surface area contributed by atoms with E-state index in [4.69, 9.17) is 0 Å². The molecule has 0 aliphatic carbocycles. The summed E-state index contributed by atoms with van der Waals surface area (Å²) in [4.78, 5) is 20.4. The molecule has 0 saturated heterocycles. The molecule has 2 aromatic rings. The van der Waals surface area contributed by atoms with E-state index in [0.29, 0.717) is 11.5 Å². The van der Waals surface area contributed by atoms with Crippen LogP contribution in [0.1, 0.15) is 35.8 Å². The van der Waals surface area contributed by atoms with Gasteiger partial charge >= 0.3 is 0 Å². The number of rotatable bonds is 6. The molecular weight excluding hydrogens is 344 g/mol. The highest BCUT2D eigenvalue weighted by Crippen LogP contribution is 2.21. The molecule has 1 amide bonds. The summed E-state index contributed by atoms with van der Waals surface area (Å²) in [6, 6.07) is 7.33. The molecule has 5 nitrogen and oxygen atoms in total. The van der Waals surface area contributed by atoms with Crippen molar-refractivity contribution in [2.75, 3.05) is 17.2 Å². The van der Waals surface area contributed by atoms with E-state index in [1.807, 2.05) is 25.1 Å². The van der Waals surface area contributed by atoms with Crippen molar-refractivity contribution in [2.45, 2.75) is 26.7 Å². The van der Waals surface area contributed by atoms with Gasteiger partial charge in [-0.05, 0) is 31.0 Å². The fourth-order valence-corrected chi connectivity index (χ4v) is 2.22. The molecule has 0 spiro atoms. The number of unbranched alkanes of at least 4 members (excludes halogenated alkanes) is 1. The van der Waals surface area contributed by atoms with Crippen molar-refractivity contribution in [3.05, 3.63) is 46.3 Å². The highest BCUT2D eigenvalue weighted by molar-refractivity contribution is 9.10. The van der Waals surface area contributed by atoms with Gasteiger partial charge in [0.1, 0.15) is 17.8 Å². The third-order valence-electron chi connectivity index (χ3n) is 3.17. The minimum absolute atomic E-state index is 0.253. The van der Waals surface area contributed by atoms with Crippen LogP contribution in [0.2, 0.25) is 0 Å². The Morgan fingerprint density at radius 3 is 2.82 bits per heavy atom. The summed E-state index contributed by atoms with van der Waals surface area (Å²) in [5, 5.41) is 6.02. The van der Waals surface area contributed by atoms with Crippen molar-refractivity contribution in [3.8, 4) is 0 Å². The fourth-order valence-electron chi connectivity index (χ4n) is 1.84. The number of benzene rings is 1. The second-order valence-electron chi connectivity index (χ2n) is 4.99. The number of nitrogens with one attached hydrogen (secondary N) is 2. The molecule has 6 heteroatoms. The summed E-state index contributed by atoms with van der Waals surface area (Å²) < 4.78 is 0.954. The summed E-state index contributed by atoms with van der Waals surface area (Å²) in [5.41, 5.74) is 2.18. The second kappa shape index (κ2) is 7.89. The van der Waals surface area contributed by atoms with Gasteiger partial charge in [0.05, 0.1) is 0 Å². The van der Waals surface area contributed by atoms with Crippen LogP contribution >= 0.6 is 15.9 Å². The summed E-state index contributed by atoms with van der Waals surface area (Å²) >= 11 is 3.45. The molecule has 116 valence electrons. The van der Waals surface area contributed by atoms with E-state index in [1.54, 1.807) is 6.07 Å². The number of aryl methyl sites for hydroxylation is 1. The number of aromatic nitrogens is 2. The summed E-state index contributed by atoms with van der Waals surface area (Å²) in [6.45, 7) is 4.95. The molecule has 0 fully saturated rings. The summed E-state index contributed by atoms with van der Waals surface area (Å²) in [6.07, 6.45) is 3.56. The van der Waals surface area contributed by atoms with Gasteiger partial charge < -0.3 is 10.6 Å². The normalized spacial score (nSPS) is 10.3. The Morgan fingerprint density at radius 1 is 1.27 bits per heavy atom. The molecule has 22 heavy (non-hydrogen) atoms. The molecule has 0 saturated carbocycles. The van der Waals surface area contributed by atoms with Crippen molar-refractivity contribution >= 4 is 33.3 Å². The molecule has 2 rings (SSSR count). The van der Waals surface area contributed by atoms with E-state index in [1.165, 1.54) is 6.33 Å². The molecule has 0 bridgehead atoms. The van der Waals surface area contributed by atoms with Crippen LogP contribution in [-0.4, -0.2) is 22.4 Å². The molecule has 1 aromatic heterocycles. The van der Waals surface area contributed by atoms with E-state index in [9.17, 15) is 4.79 Å². The lowest BCUT2D eigenvalue weighted by molar-refractivity contribution is 0.102. The zero-order chi connectivity index (χ0) is 15.9. The molecule has 1 aromatic carbocycles. The zero-order valence-electron chi connectivity index (χ0n) is 12.7. The van der Waals surface area contributed by atoms with Crippen LogP contribution < -0.4 is 10.6 Å². The van der Waals surface area contributed by atoms with Gasteiger partial charge in [0.25, 0.3) is 5.91 Å². The maximum absolute atomic E-state index is 12.2. The van der Waals surface area contributed by atoms with E-state index in [-0.39, 0.29) is 5.91 Å². The first-order valence-electron chi connectivity index (χ1n) is 7.23. The van der Waals surface area contributed by atoms with Crippen molar-refractivity contribution in [2.24, 2.45) is 0 Å². The van der Waals surface area contributed by atoms with Crippen LogP contribution in [-0.2, 0) is 0 Å². The topological polar surface area (TPSA) is 66.9 Å². The Kier molecular flexibility index (Phi) is 5.89. The van der Waals surface area contributed by atoms with E-state index in [2.05, 4.69) is 43.5 Å². The summed E-state index contributed by atoms with van der Waals surface area (Å²) in [5.74, 6) is 0.412.